The van der Waals surface area contributed by atoms with Gasteiger partial charge in [-0.1, -0.05) is 38.8 Å². The lowest BCUT2D eigenvalue weighted by Crippen LogP contribution is -2.35. The summed E-state index contributed by atoms with van der Waals surface area (Å²) in [6.07, 6.45) is 5.48. The molecule has 0 heterocycles. The van der Waals surface area contributed by atoms with Gasteiger partial charge in [-0.25, -0.2) is 0 Å². The lowest BCUT2D eigenvalue weighted by atomic mass is 9.78. The highest BCUT2D eigenvalue weighted by Gasteiger charge is 2.27. The first-order valence-corrected chi connectivity index (χ1v) is 8.06. The van der Waals surface area contributed by atoms with Gasteiger partial charge in [0.15, 0.2) is 0 Å². The highest BCUT2D eigenvalue weighted by Crippen LogP contribution is 2.32. The fraction of sp³-hybridized carbons (Fsp3) is 0.667. The number of nitrogens with zero attached hydrogens (tertiary/aromatic N) is 1. The smallest absolute Gasteiger partial charge is 0.0342 e. The fourth-order valence-electron chi connectivity index (χ4n) is 3.42. The molecule has 1 aromatic rings. The molecule has 0 aromatic heterocycles. The van der Waals surface area contributed by atoms with E-state index in [0.29, 0.717) is 6.04 Å². The fourth-order valence-corrected chi connectivity index (χ4v) is 3.42. The van der Waals surface area contributed by atoms with E-state index in [4.69, 9.17) is 0 Å². The van der Waals surface area contributed by atoms with Crippen molar-refractivity contribution in [2.75, 3.05) is 19.4 Å². The van der Waals surface area contributed by atoms with E-state index in [2.05, 4.69) is 62.4 Å². The minimum Gasteiger partial charge on any atom is -0.382 e. The Labute approximate surface area is 124 Å². The molecule has 0 bridgehead atoms. The SMILES string of the molecule is CC(C)C1CCCCC1Nc1ccc(CN(C)C)cc1. The van der Waals surface area contributed by atoms with Gasteiger partial charge in [0.05, 0.1) is 0 Å². The van der Waals surface area contributed by atoms with Crippen LogP contribution in [-0.2, 0) is 6.54 Å². The summed E-state index contributed by atoms with van der Waals surface area (Å²) in [6.45, 7) is 5.74. The van der Waals surface area contributed by atoms with E-state index in [9.17, 15) is 0 Å². The second-order valence-electron chi connectivity index (χ2n) is 6.88. The van der Waals surface area contributed by atoms with Crippen molar-refractivity contribution >= 4 is 5.69 Å². The monoisotopic (exact) mass is 274 g/mol. The molecule has 1 aliphatic carbocycles. The molecule has 0 aliphatic heterocycles. The van der Waals surface area contributed by atoms with Gasteiger partial charge in [-0.15, -0.1) is 0 Å². The first kappa shape index (κ1) is 15.4. The second-order valence-corrected chi connectivity index (χ2v) is 6.88. The van der Waals surface area contributed by atoms with Crippen molar-refractivity contribution in [3.05, 3.63) is 29.8 Å². The molecule has 2 heteroatoms. The molecular weight excluding hydrogens is 244 g/mol. The van der Waals surface area contributed by atoms with Crippen molar-refractivity contribution in [3.63, 3.8) is 0 Å². The van der Waals surface area contributed by atoms with Crippen molar-refractivity contribution in [1.82, 2.24) is 4.90 Å². The van der Waals surface area contributed by atoms with Gasteiger partial charge in [0.2, 0.25) is 0 Å². The van der Waals surface area contributed by atoms with Gasteiger partial charge >= 0.3 is 0 Å². The molecule has 0 saturated heterocycles. The minimum atomic E-state index is 0.656. The van der Waals surface area contributed by atoms with Crippen molar-refractivity contribution in [2.45, 2.75) is 52.1 Å². The standard InChI is InChI=1S/C18H30N2/c1-14(2)17-7-5-6-8-18(17)19-16-11-9-15(10-12-16)13-20(3)4/h9-12,14,17-19H,5-8,13H2,1-4H3. The Morgan fingerprint density at radius 2 is 1.75 bits per heavy atom. The summed E-state index contributed by atoms with van der Waals surface area (Å²) in [5.41, 5.74) is 2.66. The molecule has 20 heavy (non-hydrogen) atoms. The molecule has 2 rings (SSSR count). The van der Waals surface area contributed by atoms with E-state index in [0.717, 1.165) is 18.4 Å². The highest BCUT2D eigenvalue weighted by molar-refractivity contribution is 5.45. The molecule has 2 unspecified atom stereocenters. The van der Waals surface area contributed by atoms with Gasteiger partial charge in [0.1, 0.15) is 0 Å². The van der Waals surface area contributed by atoms with Gasteiger partial charge in [0, 0.05) is 18.3 Å². The Morgan fingerprint density at radius 1 is 1.10 bits per heavy atom. The first-order valence-electron chi connectivity index (χ1n) is 8.06. The second kappa shape index (κ2) is 7.12. The third kappa shape index (κ3) is 4.24. The van der Waals surface area contributed by atoms with Gasteiger partial charge in [-0.2, -0.15) is 0 Å². The predicted molar refractivity (Wildman–Crippen MR) is 88.0 cm³/mol. The average Bonchev–Trinajstić information content (AvgIpc) is 2.41. The summed E-state index contributed by atoms with van der Waals surface area (Å²) < 4.78 is 0. The molecule has 1 fully saturated rings. The van der Waals surface area contributed by atoms with E-state index < -0.39 is 0 Å². The zero-order valence-electron chi connectivity index (χ0n) is 13.5. The van der Waals surface area contributed by atoms with E-state index in [1.54, 1.807) is 0 Å². The summed E-state index contributed by atoms with van der Waals surface area (Å²) in [5.74, 6) is 1.60. The molecule has 2 nitrogen and oxygen atoms in total. The van der Waals surface area contributed by atoms with Crippen LogP contribution < -0.4 is 5.32 Å². The number of rotatable bonds is 5. The van der Waals surface area contributed by atoms with E-state index >= 15 is 0 Å². The Balaban J connectivity index is 1.97. The van der Waals surface area contributed by atoms with Crippen molar-refractivity contribution in [2.24, 2.45) is 11.8 Å². The molecule has 1 saturated carbocycles. The van der Waals surface area contributed by atoms with Crippen molar-refractivity contribution in [3.8, 4) is 0 Å². The summed E-state index contributed by atoms with van der Waals surface area (Å²) in [4.78, 5) is 2.21. The van der Waals surface area contributed by atoms with Crippen molar-refractivity contribution < 1.29 is 0 Å². The number of anilines is 1. The van der Waals surface area contributed by atoms with E-state index in [-0.39, 0.29) is 0 Å². The number of benzene rings is 1. The van der Waals surface area contributed by atoms with E-state index in [1.807, 2.05) is 0 Å². The Bertz CT molecular complexity index is 394. The van der Waals surface area contributed by atoms with Crippen LogP contribution in [0, 0.1) is 11.8 Å². The molecular formula is C18H30N2. The zero-order valence-corrected chi connectivity index (χ0v) is 13.5. The van der Waals surface area contributed by atoms with Crippen LogP contribution in [0.15, 0.2) is 24.3 Å². The zero-order chi connectivity index (χ0) is 14.5. The van der Waals surface area contributed by atoms with Crippen molar-refractivity contribution in [1.29, 1.82) is 0 Å². The molecule has 1 N–H and O–H groups in total. The van der Waals surface area contributed by atoms with Crippen LogP contribution in [0.25, 0.3) is 0 Å². The van der Waals surface area contributed by atoms with Crippen LogP contribution in [-0.4, -0.2) is 25.0 Å². The number of hydrogen-bond acceptors (Lipinski definition) is 2. The van der Waals surface area contributed by atoms with Gasteiger partial charge in [-0.05, 0) is 56.5 Å². The topological polar surface area (TPSA) is 15.3 Å². The minimum absolute atomic E-state index is 0.656. The van der Waals surface area contributed by atoms with Crippen LogP contribution in [0.5, 0.6) is 0 Å². The normalized spacial score (nSPS) is 23.3. The maximum absolute atomic E-state index is 3.78. The average molecular weight is 274 g/mol. The maximum atomic E-state index is 3.78. The van der Waals surface area contributed by atoms with Gasteiger partial charge < -0.3 is 10.2 Å². The number of hydrogen-bond donors (Lipinski definition) is 1. The van der Waals surface area contributed by atoms with Crippen LogP contribution >= 0.6 is 0 Å². The molecule has 1 aromatic carbocycles. The lowest BCUT2D eigenvalue weighted by Gasteiger charge is -2.35. The summed E-state index contributed by atoms with van der Waals surface area (Å²) in [5, 5.41) is 3.78. The Kier molecular flexibility index (Phi) is 5.47. The Hall–Kier alpha value is -1.02. The third-order valence-corrected chi connectivity index (χ3v) is 4.48. The summed E-state index contributed by atoms with van der Waals surface area (Å²) in [6, 6.07) is 9.63. The summed E-state index contributed by atoms with van der Waals surface area (Å²) in [7, 11) is 4.23. The highest BCUT2D eigenvalue weighted by atomic mass is 15.0. The van der Waals surface area contributed by atoms with Crippen LogP contribution in [0.2, 0.25) is 0 Å². The molecule has 1 aliphatic rings. The lowest BCUT2D eigenvalue weighted by molar-refractivity contribution is 0.254. The maximum Gasteiger partial charge on any atom is 0.0342 e. The molecule has 112 valence electrons. The molecule has 0 spiro atoms. The molecule has 0 amide bonds. The number of nitrogens with one attached hydrogen (secondary N) is 1. The van der Waals surface area contributed by atoms with Gasteiger partial charge in [0.25, 0.3) is 0 Å². The van der Waals surface area contributed by atoms with E-state index in [1.165, 1.54) is 36.9 Å². The van der Waals surface area contributed by atoms with Crippen LogP contribution in [0.3, 0.4) is 0 Å². The third-order valence-electron chi connectivity index (χ3n) is 4.48. The van der Waals surface area contributed by atoms with Gasteiger partial charge in [-0.3, -0.25) is 0 Å². The van der Waals surface area contributed by atoms with Crippen LogP contribution in [0.1, 0.15) is 45.1 Å². The molecule has 0 radical (unpaired) electrons. The largest absolute Gasteiger partial charge is 0.382 e. The first-order chi connectivity index (χ1) is 9.56. The quantitative estimate of drug-likeness (QED) is 0.857. The Morgan fingerprint density at radius 3 is 2.35 bits per heavy atom. The van der Waals surface area contributed by atoms with Crippen LogP contribution in [0.4, 0.5) is 5.69 Å². The summed E-state index contributed by atoms with van der Waals surface area (Å²) >= 11 is 0. The molecule has 2 atom stereocenters. The predicted octanol–water partition coefficient (Wildman–Crippen LogP) is 4.37.